The van der Waals surface area contributed by atoms with Gasteiger partial charge in [-0.3, -0.25) is 0 Å². The lowest BCUT2D eigenvalue weighted by molar-refractivity contribution is 1.38. The SMILES string of the molecule is BrC1=CC=C(Br)CC=C1. The van der Waals surface area contributed by atoms with Gasteiger partial charge < -0.3 is 0 Å². The lowest BCUT2D eigenvalue weighted by Gasteiger charge is -1.83. The number of halogens is 2. The maximum Gasteiger partial charge on any atom is 0.0172 e. The van der Waals surface area contributed by atoms with E-state index in [1.54, 1.807) is 0 Å². The van der Waals surface area contributed by atoms with Crippen LogP contribution >= 0.6 is 31.9 Å². The molecule has 1 rings (SSSR count). The Labute approximate surface area is 71.6 Å². The fourth-order valence-corrected chi connectivity index (χ4v) is 1.22. The summed E-state index contributed by atoms with van der Waals surface area (Å²) in [5, 5.41) is 0. The smallest absolute Gasteiger partial charge is 0.0172 e. The third-order valence-corrected chi connectivity index (χ3v) is 2.13. The molecule has 0 saturated carbocycles. The predicted molar refractivity (Wildman–Crippen MR) is 47.8 cm³/mol. The van der Waals surface area contributed by atoms with Gasteiger partial charge in [0.1, 0.15) is 0 Å². The van der Waals surface area contributed by atoms with E-state index in [1.807, 2.05) is 18.2 Å². The zero-order chi connectivity index (χ0) is 6.69. The summed E-state index contributed by atoms with van der Waals surface area (Å²) >= 11 is 6.78. The molecule has 0 aromatic carbocycles. The van der Waals surface area contributed by atoms with Gasteiger partial charge in [0.05, 0.1) is 0 Å². The Bertz CT molecular complexity index is 187. The van der Waals surface area contributed by atoms with Gasteiger partial charge in [-0.1, -0.05) is 50.1 Å². The Balaban J connectivity index is 2.80. The van der Waals surface area contributed by atoms with Crippen LogP contribution in [-0.4, -0.2) is 0 Å². The quantitative estimate of drug-likeness (QED) is 0.617. The van der Waals surface area contributed by atoms with Gasteiger partial charge in [-0.25, -0.2) is 0 Å². The van der Waals surface area contributed by atoms with Crippen LogP contribution in [0.4, 0.5) is 0 Å². The largest absolute Gasteiger partial charge is 0.0785 e. The molecule has 0 atom stereocenters. The average molecular weight is 250 g/mol. The summed E-state index contributed by atoms with van der Waals surface area (Å²) in [6.45, 7) is 0. The Morgan fingerprint density at radius 2 is 2.00 bits per heavy atom. The molecule has 0 amide bonds. The predicted octanol–water partition coefficient (Wildman–Crippen LogP) is 3.50. The molecule has 0 radical (unpaired) electrons. The normalized spacial score (nSPS) is 18.4. The van der Waals surface area contributed by atoms with Crippen molar-refractivity contribution >= 4 is 31.9 Å². The molecular formula is C7H6Br2. The van der Waals surface area contributed by atoms with Gasteiger partial charge in [-0.2, -0.15) is 0 Å². The summed E-state index contributed by atoms with van der Waals surface area (Å²) in [7, 11) is 0. The first-order chi connectivity index (χ1) is 4.29. The van der Waals surface area contributed by atoms with Crippen LogP contribution in [0.2, 0.25) is 0 Å². The Kier molecular flexibility index (Phi) is 2.73. The molecule has 0 heterocycles. The first-order valence-electron chi connectivity index (χ1n) is 2.67. The highest BCUT2D eigenvalue weighted by Crippen LogP contribution is 2.18. The van der Waals surface area contributed by atoms with Crippen molar-refractivity contribution in [3.63, 3.8) is 0 Å². The molecule has 0 spiro atoms. The van der Waals surface area contributed by atoms with Crippen LogP contribution in [0.5, 0.6) is 0 Å². The van der Waals surface area contributed by atoms with E-state index in [4.69, 9.17) is 0 Å². The second-order valence-electron chi connectivity index (χ2n) is 1.77. The minimum Gasteiger partial charge on any atom is -0.0785 e. The van der Waals surface area contributed by atoms with Gasteiger partial charge in [0.2, 0.25) is 0 Å². The van der Waals surface area contributed by atoms with Crippen molar-refractivity contribution < 1.29 is 0 Å². The van der Waals surface area contributed by atoms with Crippen LogP contribution in [0.1, 0.15) is 6.42 Å². The van der Waals surface area contributed by atoms with Crippen molar-refractivity contribution in [3.05, 3.63) is 33.3 Å². The third kappa shape index (κ3) is 2.50. The first kappa shape index (κ1) is 7.29. The van der Waals surface area contributed by atoms with Crippen molar-refractivity contribution in [3.8, 4) is 0 Å². The molecule has 9 heavy (non-hydrogen) atoms. The summed E-state index contributed by atoms with van der Waals surface area (Å²) in [6.07, 6.45) is 9.21. The van der Waals surface area contributed by atoms with Crippen LogP contribution in [0.3, 0.4) is 0 Å². The van der Waals surface area contributed by atoms with E-state index in [2.05, 4.69) is 37.9 Å². The van der Waals surface area contributed by atoms with E-state index >= 15 is 0 Å². The topological polar surface area (TPSA) is 0 Å². The zero-order valence-corrected chi connectivity index (χ0v) is 7.94. The van der Waals surface area contributed by atoms with Crippen LogP contribution in [0.15, 0.2) is 33.3 Å². The number of rotatable bonds is 0. The minimum atomic E-state index is 0.992. The molecule has 1 aliphatic carbocycles. The number of hydrogen-bond acceptors (Lipinski definition) is 0. The molecule has 0 nitrogen and oxygen atoms in total. The zero-order valence-electron chi connectivity index (χ0n) is 4.77. The van der Waals surface area contributed by atoms with E-state index in [-0.39, 0.29) is 0 Å². The lowest BCUT2D eigenvalue weighted by Crippen LogP contribution is -1.60. The van der Waals surface area contributed by atoms with Crippen LogP contribution in [0, 0.1) is 0 Å². The Hall–Kier alpha value is 0.180. The second kappa shape index (κ2) is 3.37. The molecular weight excluding hydrogens is 244 g/mol. The molecule has 2 heteroatoms. The van der Waals surface area contributed by atoms with Gasteiger partial charge in [0, 0.05) is 4.48 Å². The minimum absolute atomic E-state index is 0.992. The van der Waals surface area contributed by atoms with E-state index in [0.717, 1.165) is 10.9 Å². The summed E-state index contributed by atoms with van der Waals surface area (Å²) in [4.78, 5) is 0. The molecule has 0 fully saturated rings. The fourth-order valence-electron chi connectivity index (χ4n) is 0.578. The molecule has 1 aliphatic rings. The number of allylic oxidation sites excluding steroid dienone is 6. The molecule has 0 aliphatic heterocycles. The van der Waals surface area contributed by atoms with E-state index in [0.29, 0.717) is 0 Å². The highest BCUT2D eigenvalue weighted by Gasteiger charge is 1.91. The molecule has 0 aromatic heterocycles. The first-order valence-corrected chi connectivity index (χ1v) is 4.26. The van der Waals surface area contributed by atoms with Crippen LogP contribution in [0.25, 0.3) is 0 Å². The van der Waals surface area contributed by atoms with Gasteiger partial charge in [-0.05, 0) is 17.0 Å². The second-order valence-corrected chi connectivity index (χ2v) is 3.71. The van der Waals surface area contributed by atoms with E-state index < -0.39 is 0 Å². The summed E-state index contributed by atoms with van der Waals surface area (Å²) in [5.41, 5.74) is 0. The monoisotopic (exact) mass is 248 g/mol. The highest BCUT2D eigenvalue weighted by molar-refractivity contribution is 9.12. The van der Waals surface area contributed by atoms with Crippen molar-refractivity contribution in [1.29, 1.82) is 0 Å². The van der Waals surface area contributed by atoms with E-state index in [9.17, 15) is 0 Å². The highest BCUT2D eigenvalue weighted by atomic mass is 79.9. The van der Waals surface area contributed by atoms with Gasteiger partial charge in [0.25, 0.3) is 0 Å². The fraction of sp³-hybridized carbons (Fsp3) is 0.143. The molecule has 0 aromatic rings. The Morgan fingerprint density at radius 3 is 2.78 bits per heavy atom. The molecule has 0 unspecified atom stereocenters. The molecule has 0 saturated heterocycles. The van der Waals surface area contributed by atoms with Crippen molar-refractivity contribution in [2.75, 3.05) is 0 Å². The summed E-state index contributed by atoms with van der Waals surface area (Å²) in [5.74, 6) is 0. The summed E-state index contributed by atoms with van der Waals surface area (Å²) < 4.78 is 2.34. The number of hydrogen-bond donors (Lipinski definition) is 0. The van der Waals surface area contributed by atoms with Crippen LogP contribution < -0.4 is 0 Å². The van der Waals surface area contributed by atoms with E-state index in [1.165, 1.54) is 4.48 Å². The van der Waals surface area contributed by atoms with Gasteiger partial charge in [-0.15, -0.1) is 0 Å². The van der Waals surface area contributed by atoms with Crippen molar-refractivity contribution in [1.82, 2.24) is 0 Å². The molecule has 48 valence electrons. The van der Waals surface area contributed by atoms with Gasteiger partial charge in [0.15, 0.2) is 0 Å². The average Bonchev–Trinajstić information content (AvgIpc) is 1.97. The molecule has 0 bridgehead atoms. The van der Waals surface area contributed by atoms with Crippen LogP contribution in [-0.2, 0) is 0 Å². The lowest BCUT2D eigenvalue weighted by atomic mass is 10.4. The standard InChI is InChI=1S/C7H6Br2/c8-6-2-1-3-7(9)5-4-6/h1-2,4-5H,3H2. The third-order valence-electron chi connectivity index (χ3n) is 1.01. The van der Waals surface area contributed by atoms with Crippen molar-refractivity contribution in [2.45, 2.75) is 6.42 Å². The van der Waals surface area contributed by atoms with Crippen molar-refractivity contribution in [2.24, 2.45) is 0 Å². The maximum atomic E-state index is 3.41. The summed E-state index contributed by atoms with van der Waals surface area (Å²) in [6, 6.07) is 0. The maximum absolute atomic E-state index is 3.41. The Morgan fingerprint density at radius 1 is 1.22 bits per heavy atom. The molecule has 0 N–H and O–H groups in total. The van der Waals surface area contributed by atoms with Gasteiger partial charge >= 0.3 is 0 Å².